The van der Waals surface area contributed by atoms with E-state index >= 15 is 0 Å². The van der Waals surface area contributed by atoms with Crippen molar-refractivity contribution in [2.75, 3.05) is 17.2 Å². The SMILES string of the molecule is CC(=O)Nc1ccc(C(F)(F)F)cc1NC(=O)CCCCCCN.Cl. The molecule has 0 atom stereocenters. The molecule has 25 heavy (non-hydrogen) atoms. The van der Waals surface area contributed by atoms with E-state index < -0.39 is 23.6 Å². The number of nitrogens with one attached hydrogen (secondary N) is 2. The summed E-state index contributed by atoms with van der Waals surface area (Å²) in [5, 5.41) is 4.85. The number of carbonyl (C=O) groups is 2. The topological polar surface area (TPSA) is 84.2 Å². The average Bonchev–Trinajstić information content (AvgIpc) is 2.47. The zero-order chi connectivity index (χ0) is 18.2. The van der Waals surface area contributed by atoms with Gasteiger partial charge in [0, 0.05) is 13.3 Å². The van der Waals surface area contributed by atoms with Gasteiger partial charge in [-0.2, -0.15) is 13.2 Å². The molecule has 5 nitrogen and oxygen atoms in total. The largest absolute Gasteiger partial charge is 0.416 e. The van der Waals surface area contributed by atoms with Crippen LogP contribution in [0.15, 0.2) is 18.2 Å². The minimum absolute atomic E-state index is 0. The molecule has 142 valence electrons. The predicted molar refractivity (Wildman–Crippen MR) is 93.8 cm³/mol. The van der Waals surface area contributed by atoms with Gasteiger partial charge in [0.2, 0.25) is 11.8 Å². The third kappa shape index (κ3) is 8.74. The molecule has 0 aromatic heterocycles. The summed E-state index contributed by atoms with van der Waals surface area (Å²) in [4.78, 5) is 23.1. The summed E-state index contributed by atoms with van der Waals surface area (Å²) < 4.78 is 38.4. The van der Waals surface area contributed by atoms with Crippen LogP contribution in [-0.2, 0) is 15.8 Å². The predicted octanol–water partition coefficient (Wildman–Crippen LogP) is 3.93. The van der Waals surface area contributed by atoms with Gasteiger partial charge in [-0.25, -0.2) is 0 Å². The monoisotopic (exact) mass is 381 g/mol. The summed E-state index contributed by atoms with van der Waals surface area (Å²) in [5.41, 5.74) is 4.55. The summed E-state index contributed by atoms with van der Waals surface area (Å²) >= 11 is 0. The number of alkyl halides is 3. The first-order valence-corrected chi connectivity index (χ1v) is 7.73. The van der Waals surface area contributed by atoms with Crippen molar-refractivity contribution in [2.24, 2.45) is 5.73 Å². The van der Waals surface area contributed by atoms with Crippen molar-refractivity contribution < 1.29 is 22.8 Å². The molecule has 0 spiro atoms. The standard InChI is InChI=1S/C16H22F3N3O2.ClH/c1-11(23)21-13-8-7-12(16(17,18)19)10-14(13)22-15(24)6-4-2-3-5-9-20;/h7-8,10H,2-6,9,20H2,1H3,(H,21,23)(H,22,24);1H. The minimum atomic E-state index is -4.53. The Bertz CT molecular complexity index is 580. The van der Waals surface area contributed by atoms with Crippen LogP contribution in [0.25, 0.3) is 0 Å². The van der Waals surface area contributed by atoms with Crippen LogP contribution in [0.3, 0.4) is 0 Å². The molecule has 0 aliphatic carbocycles. The molecule has 1 rings (SSSR count). The van der Waals surface area contributed by atoms with Crippen molar-refractivity contribution in [3.05, 3.63) is 23.8 Å². The van der Waals surface area contributed by atoms with Crippen LogP contribution in [-0.4, -0.2) is 18.4 Å². The van der Waals surface area contributed by atoms with E-state index in [1.54, 1.807) is 0 Å². The van der Waals surface area contributed by atoms with Gasteiger partial charge in [0.05, 0.1) is 16.9 Å². The molecule has 2 amide bonds. The van der Waals surface area contributed by atoms with Gasteiger partial charge in [0.25, 0.3) is 0 Å². The second-order valence-corrected chi connectivity index (χ2v) is 5.44. The van der Waals surface area contributed by atoms with Crippen molar-refractivity contribution in [2.45, 2.75) is 45.2 Å². The lowest BCUT2D eigenvalue weighted by Crippen LogP contribution is -2.16. The van der Waals surface area contributed by atoms with Crippen LogP contribution in [0, 0.1) is 0 Å². The fourth-order valence-corrected chi connectivity index (χ4v) is 2.12. The number of carbonyl (C=O) groups excluding carboxylic acids is 2. The molecule has 0 saturated heterocycles. The van der Waals surface area contributed by atoms with Gasteiger partial charge < -0.3 is 16.4 Å². The van der Waals surface area contributed by atoms with Crippen molar-refractivity contribution in [3.8, 4) is 0 Å². The van der Waals surface area contributed by atoms with E-state index in [1.807, 2.05) is 0 Å². The normalized spacial score (nSPS) is 10.8. The van der Waals surface area contributed by atoms with E-state index in [1.165, 1.54) is 6.92 Å². The molecule has 0 unspecified atom stereocenters. The summed E-state index contributed by atoms with van der Waals surface area (Å²) in [6.45, 7) is 1.83. The number of hydrogen-bond donors (Lipinski definition) is 3. The Morgan fingerprint density at radius 3 is 2.24 bits per heavy atom. The molecule has 4 N–H and O–H groups in total. The molecular weight excluding hydrogens is 359 g/mol. The highest BCUT2D eigenvalue weighted by molar-refractivity contribution is 5.99. The molecule has 0 bridgehead atoms. The van der Waals surface area contributed by atoms with E-state index in [4.69, 9.17) is 5.73 Å². The zero-order valence-corrected chi connectivity index (χ0v) is 14.7. The number of nitrogens with two attached hydrogens (primary N) is 1. The van der Waals surface area contributed by atoms with Gasteiger partial charge in [0.1, 0.15) is 0 Å². The molecule has 9 heteroatoms. The number of hydrogen-bond acceptors (Lipinski definition) is 3. The fraction of sp³-hybridized carbons (Fsp3) is 0.500. The molecule has 1 aromatic rings. The third-order valence-corrected chi connectivity index (χ3v) is 3.29. The zero-order valence-electron chi connectivity index (χ0n) is 13.9. The highest BCUT2D eigenvalue weighted by Crippen LogP contribution is 2.34. The first-order chi connectivity index (χ1) is 11.2. The smallest absolute Gasteiger partial charge is 0.330 e. The van der Waals surface area contributed by atoms with E-state index in [0.29, 0.717) is 13.0 Å². The molecule has 0 aliphatic rings. The maximum atomic E-state index is 12.8. The Morgan fingerprint density at radius 1 is 1.04 bits per heavy atom. The maximum absolute atomic E-state index is 12.8. The van der Waals surface area contributed by atoms with E-state index in [0.717, 1.165) is 37.5 Å². The van der Waals surface area contributed by atoms with Gasteiger partial charge in [-0.15, -0.1) is 12.4 Å². The third-order valence-electron chi connectivity index (χ3n) is 3.29. The number of rotatable bonds is 8. The Morgan fingerprint density at radius 2 is 1.68 bits per heavy atom. The van der Waals surface area contributed by atoms with Gasteiger partial charge in [-0.3, -0.25) is 9.59 Å². The lowest BCUT2D eigenvalue weighted by Gasteiger charge is -2.15. The van der Waals surface area contributed by atoms with Gasteiger partial charge in [-0.1, -0.05) is 12.8 Å². The summed E-state index contributed by atoms with van der Waals surface area (Å²) in [6.07, 6.45) is -1.10. The first-order valence-electron chi connectivity index (χ1n) is 7.73. The van der Waals surface area contributed by atoms with Gasteiger partial charge in [-0.05, 0) is 37.6 Å². The van der Waals surface area contributed by atoms with E-state index in [-0.39, 0.29) is 30.2 Å². The Kier molecular flexibility index (Phi) is 10.2. The molecular formula is C16H23ClF3N3O2. The van der Waals surface area contributed by atoms with Gasteiger partial charge in [0.15, 0.2) is 0 Å². The lowest BCUT2D eigenvalue weighted by atomic mass is 10.1. The highest BCUT2D eigenvalue weighted by Gasteiger charge is 2.31. The van der Waals surface area contributed by atoms with Crippen molar-refractivity contribution in [1.29, 1.82) is 0 Å². The number of anilines is 2. The van der Waals surface area contributed by atoms with E-state index in [9.17, 15) is 22.8 Å². The van der Waals surface area contributed by atoms with Crippen LogP contribution >= 0.6 is 12.4 Å². The van der Waals surface area contributed by atoms with Crippen LogP contribution in [0.2, 0.25) is 0 Å². The Balaban J connectivity index is 0.00000576. The number of benzene rings is 1. The van der Waals surface area contributed by atoms with E-state index in [2.05, 4.69) is 10.6 Å². The Hall–Kier alpha value is -1.80. The Labute approximate surface area is 150 Å². The number of unbranched alkanes of at least 4 members (excludes halogenated alkanes) is 3. The second-order valence-electron chi connectivity index (χ2n) is 5.44. The van der Waals surface area contributed by atoms with Gasteiger partial charge >= 0.3 is 6.18 Å². The van der Waals surface area contributed by atoms with Crippen LogP contribution in [0.1, 0.15) is 44.6 Å². The summed E-state index contributed by atoms with van der Waals surface area (Å²) in [5.74, 6) is -0.833. The number of halogens is 4. The molecule has 0 fully saturated rings. The minimum Gasteiger partial charge on any atom is -0.330 e. The first kappa shape index (κ1) is 23.2. The average molecular weight is 382 g/mol. The molecule has 0 radical (unpaired) electrons. The fourth-order valence-electron chi connectivity index (χ4n) is 2.12. The van der Waals surface area contributed by atoms with Crippen LogP contribution < -0.4 is 16.4 Å². The second kappa shape index (κ2) is 10.9. The van der Waals surface area contributed by atoms with Crippen molar-refractivity contribution in [3.63, 3.8) is 0 Å². The lowest BCUT2D eigenvalue weighted by molar-refractivity contribution is -0.137. The summed E-state index contributed by atoms with van der Waals surface area (Å²) in [6, 6.07) is 2.80. The molecule has 0 heterocycles. The van der Waals surface area contributed by atoms with Crippen molar-refractivity contribution in [1.82, 2.24) is 0 Å². The molecule has 0 aliphatic heterocycles. The van der Waals surface area contributed by atoms with Crippen molar-refractivity contribution >= 4 is 35.6 Å². The van der Waals surface area contributed by atoms with Crippen LogP contribution in [0.4, 0.5) is 24.5 Å². The highest BCUT2D eigenvalue weighted by atomic mass is 35.5. The molecule has 0 saturated carbocycles. The molecule has 1 aromatic carbocycles. The summed E-state index contributed by atoms with van der Waals surface area (Å²) in [7, 11) is 0. The number of amides is 2. The quantitative estimate of drug-likeness (QED) is 0.596. The maximum Gasteiger partial charge on any atom is 0.416 e. The van der Waals surface area contributed by atoms with Crippen LogP contribution in [0.5, 0.6) is 0 Å².